The molecule has 1 aliphatic rings. The monoisotopic (exact) mass is 286 g/mol. The SMILES string of the molecule is COc1cc(CC2COc3c(cccc3OC)C2)ncn1. The van der Waals surface area contributed by atoms with Gasteiger partial charge in [-0.1, -0.05) is 12.1 Å². The maximum atomic E-state index is 5.89. The number of ether oxygens (including phenoxy) is 3. The second-order valence-corrected chi connectivity index (χ2v) is 5.09. The van der Waals surface area contributed by atoms with Gasteiger partial charge in [-0.25, -0.2) is 9.97 Å². The third-order valence-corrected chi connectivity index (χ3v) is 3.66. The summed E-state index contributed by atoms with van der Waals surface area (Å²) in [5, 5.41) is 0. The molecule has 0 N–H and O–H groups in total. The van der Waals surface area contributed by atoms with E-state index in [0.29, 0.717) is 18.4 Å². The van der Waals surface area contributed by atoms with Crippen molar-refractivity contribution >= 4 is 0 Å². The van der Waals surface area contributed by atoms with Crippen LogP contribution in [0.25, 0.3) is 0 Å². The minimum Gasteiger partial charge on any atom is -0.493 e. The van der Waals surface area contributed by atoms with E-state index in [9.17, 15) is 0 Å². The van der Waals surface area contributed by atoms with Crippen molar-refractivity contribution in [2.24, 2.45) is 5.92 Å². The Labute approximate surface area is 123 Å². The molecule has 1 aliphatic heterocycles. The Morgan fingerprint density at radius 3 is 2.95 bits per heavy atom. The third-order valence-electron chi connectivity index (χ3n) is 3.66. The number of hydrogen-bond acceptors (Lipinski definition) is 5. The van der Waals surface area contributed by atoms with Gasteiger partial charge in [0.2, 0.25) is 5.88 Å². The topological polar surface area (TPSA) is 53.5 Å². The Morgan fingerprint density at radius 1 is 1.24 bits per heavy atom. The van der Waals surface area contributed by atoms with Gasteiger partial charge in [-0.05, 0) is 24.5 Å². The summed E-state index contributed by atoms with van der Waals surface area (Å²) in [4.78, 5) is 8.33. The molecule has 0 fully saturated rings. The smallest absolute Gasteiger partial charge is 0.216 e. The zero-order chi connectivity index (χ0) is 14.7. The average molecular weight is 286 g/mol. The summed E-state index contributed by atoms with van der Waals surface area (Å²) in [6, 6.07) is 7.89. The Bertz CT molecular complexity index is 631. The molecule has 5 nitrogen and oxygen atoms in total. The highest BCUT2D eigenvalue weighted by molar-refractivity contribution is 5.47. The number of fused-ring (bicyclic) bond motifs is 1. The van der Waals surface area contributed by atoms with Gasteiger partial charge in [-0.2, -0.15) is 0 Å². The van der Waals surface area contributed by atoms with E-state index in [1.807, 2.05) is 18.2 Å². The van der Waals surface area contributed by atoms with Gasteiger partial charge < -0.3 is 14.2 Å². The minimum absolute atomic E-state index is 0.393. The molecule has 0 saturated heterocycles. The lowest BCUT2D eigenvalue weighted by Crippen LogP contribution is -2.23. The predicted molar refractivity (Wildman–Crippen MR) is 78.0 cm³/mol. The Balaban J connectivity index is 1.74. The van der Waals surface area contributed by atoms with Gasteiger partial charge in [-0.15, -0.1) is 0 Å². The predicted octanol–water partition coefficient (Wildman–Crippen LogP) is 2.29. The highest BCUT2D eigenvalue weighted by Gasteiger charge is 2.23. The molecule has 0 spiro atoms. The molecule has 0 saturated carbocycles. The van der Waals surface area contributed by atoms with Crippen LogP contribution in [-0.2, 0) is 12.8 Å². The molecule has 2 heterocycles. The number of aromatic nitrogens is 2. The highest BCUT2D eigenvalue weighted by Crippen LogP contribution is 2.36. The zero-order valence-corrected chi connectivity index (χ0v) is 12.2. The first-order chi connectivity index (χ1) is 10.3. The second-order valence-electron chi connectivity index (χ2n) is 5.09. The fourth-order valence-electron chi connectivity index (χ4n) is 2.64. The molecule has 1 unspecified atom stereocenters. The third kappa shape index (κ3) is 2.91. The first kappa shape index (κ1) is 13.7. The van der Waals surface area contributed by atoms with Crippen LogP contribution in [0.2, 0.25) is 0 Å². The van der Waals surface area contributed by atoms with Crippen LogP contribution >= 0.6 is 0 Å². The Kier molecular flexibility index (Phi) is 3.90. The molecule has 1 aromatic heterocycles. The van der Waals surface area contributed by atoms with Gasteiger partial charge >= 0.3 is 0 Å². The molecule has 1 aromatic carbocycles. The molecular weight excluding hydrogens is 268 g/mol. The first-order valence-electron chi connectivity index (χ1n) is 6.93. The Hall–Kier alpha value is -2.30. The summed E-state index contributed by atoms with van der Waals surface area (Å²) in [5.74, 6) is 2.66. The standard InChI is InChI=1S/C16H18N2O3/c1-19-14-5-3-4-12-6-11(9-21-16(12)14)7-13-8-15(20-2)18-10-17-13/h3-5,8,10-11H,6-7,9H2,1-2H3. The number of methoxy groups -OCH3 is 2. The van der Waals surface area contributed by atoms with Crippen LogP contribution in [0.3, 0.4) is 0 Å². The fourth-order valence-corrected chi connectivity index (χ4v) is 2.64. The molecule has 0 amide bonds. The summed E-state index contributed by atoms with van der Waals surface area (Å²) in [6.45, 7) is 0.666. The first-order valence-corrected chi connectivity index (χ1v) is 6.93. The van der Waals surface area contributed by atoms with Crippen LogP contribution < -0.4 is 14.2 Å². The van der Waals surface area contributed by atoms with Crippen LogP contribution in [0.1, 0.15) is 11.3 Å². The van der Waals surface area contributed by atoms with Crippen molar-refractivity contribution in [2.45, 2.75) is 12.8 Å². The highest BCUT2D eigenvalue weighted by atomic mass is 16.5. The molecule has 21 heavy (non-hydrogen) atoms. The molecular formula is C16H18N2O3. The molecule has 5 heteroatoms. The fraction of sp³-hybridized carbons (Fsp3) is 0.375. The van der Waals surface area contributed by atoms with E-state index in [0.717, 1.165) is 30.0 Å². The van der Waals surface area contributed by atoms with E-state index >= 15 is 0 Å². The normalized spacial score (nSPS) is 16.8. The maximum absolute atomic E-state index is 5.89. The van der Waals surface area contributed by atoms with E-state index in [2.05, 4.69) is 16.0 Å². The lowest BCUT2D eigenvalue weighted by molar-refractivity contribution is 0.210. The maximum Gasteiger partial charge on any atom is 0.216 e. The van der Waals surface area contributed by atoms with Crippen molar-refractivity contribution in [2.75, 3.05) is 20.8 Å². The van der Waals surface area contributed by atoms with Crippen molar-refractivity contribution in [1.29, 1.82) is 0 Å². The Morgan fingerprint density at radius 2 is 2.14 bits per heavy atom. The van der Waals surface area contributed by atoms with Gasteiger partial charge in [-0.3, -0.25) is 0 Å². The summed E-state index contributed by atoms with van der Waals surface area (Å²) < 4.78 is 16.4. The van der Waals surface area contributed by atoms with Crippen molar-refractivity contribution < 1.29 is 14.2 Å². The van der Waals surface area contributed by atoms with E-state index in [1.54, 1.807) is 14.2 Å². The van der Waals surface area contributed by atoms with E-state index < -0.39 is 0 Å². The summed E-state index contributed by atoms with van der Waals surface area (Å²) >= 11 is 0. The van der Waals surface area contributed by atoms with Crippen LogP contribution in [0.4, 0.5) is 0 Å². The van der Waals surface area contributed by atoms with Crippen molar-refractivity contribution in [1.82, 2.24) is 9.97 Å². The van der Waals surface area contributed by atoms with Gasteiger partial charge in [0.25, 0.3) is 0 Å². The minimum atomic E-state index is 0.393. The van der Waals surface area contributed by atoms with E-state index in [1.165, 1.54) is 11.9 Å². The number of benzene rings is 1. The van der Waals surface area contributed by atoms with Crippen LogP contribution in [0.15, 0.2) is 30.6 Å². The van der Waals surface area contributed by atoms with E-state index in [-0.39, 0.29) is 0 Å². The number of para-hydroxylation sites is 1. The number of hydrogen-bond donors (Lipinski definition) is 0. The molecule has 0 aliphatic carbocycles. The molecule has 0 bridgehead atoms. The molecule has 2 aromatic rings. The zero-order valence-electron chi connectivity index (χ0n) is 12.2. The van der Waals surface area contributed by atoms with Crippen LogP contribution in [0.5, 0.6) is 17.4 Å². The van der Waals surface area contributed by atoms with Gasteiger partial charge in [0.1, 0.15) is 6.33 Å². The molecule has 0 radical (unpaired) electrons. The van der Waals surface area contributed by atoms with E-state index in [4.69, 9.17) is 14.2 Å². The van der Waals surface area contributed by atoms with Crippen LogP contribution in [-0.4, -0.2) is 30.8 Å². The van der Waals surface area contributed by atoms with Crippen molar-refractivity contribution in [3.63, 3.8) is 0 Å². The largest absolute Gasteiger partial charge is 0.493 e. The quantitative estimate of drug-likeness (QED) is 0.863. The molecule has 110 valence electrons. The summed E-state index contributed by atoms with van der Waals surface area (Å²) in [7, 11) is 3.27. The summed E-state index contributed by atoms with van der Waals surface area (Å²) in [6.07, 6.45) is 3.34. The lowest BCUT2D eigenvalue weighted by atomic mass is 9.92. The average Bonchev–Trinajstić information content (AvgIpc) is 2.54. The summed E-state index contributed by atoms with van der Waals surface area (Å²) in [5.41, 5.74) is 2.16. The second kappa shape index (κ2) is 5.99. The molecule has 1 atom stereocenters. The number of nitrogens with zero attached hydrogens (tertiary/aromatic N) is 2. The van der Waals surface area contributed by atoms with Gasteiger partial charge in [0, 0.05) is 17.7 Å². The van der Waals surface area contributed by atoms with Gasteiger partial charge in [0.05, 0.1) is 20.8 Å². The van der Waals surface area contributed by atoms with Crippen LogP contribution in [0, 0.1) is 5.92 Å². The van der Waals surface area contributed by atoms with Gasteiger partial charge in [0.15, 0.2) is 11.5 Å². The number of rotatable bonds is 4. The van der Waals surface area contributed by atoms with Crippen molar-refractivity contribution in [3.8, 4) is 17.4 Å². The van der Waals surface area contributed by atoms with Crippen molar-refractivity contribution in [3.05, 3.63) is 41.9 Å². The molecule has 3 rings (SSSR count). The lowest BCUT2D eigenvalue weighted by Gasteiger charge is -2.26.